The molecular weight excluding hydrogens is 272 g/mol. The van der Waals surface area contributed by atoms with Crippen LogP contribution in [0.4, 0.5) is 0 Å². The number of rotatable bonds is 2. The number of carboxylic acid groups (broad SMARTS) is 1. The summed E-state index contributed by atoms with van der Waals surface area (Å²) in [6.45, 7) is 1.50. The number of ether oxygens (including phenoxy) is 1. The Morgan fingerprint density at radius 3 is 2.81 bits per heavy atom. The highest BCUT2D eigenvalue weighted by molar-refractivity contribution is 5.83. The SMILES string of the molecule is O=C(O)C1CN(C(=O)[C@H]2Cc3ccccc3CN2)CCO1. The zero-order chi connectivity index (χ0) is 14.8. The maximum atomic E-state index is 12.5. The number of nitrogens with one attached hydrogen (secondary N) is 1. The molecule has 1 unspecified atom stereocenters. The summed E-state index contributed by atoms with van der Waals surface area (Å²) in [6, 6.07) is 7.77. The fraction of sp³-hybridized carbons (Fsp3) is 0.467. The van der Waals surface area contributed by atoms with Crippen LogP contribution >= 0.6 is 0 Å². The van der Waals surface area contributed by atoms with Crippen LogP contribution in [0.2, 0.25) is 0 Å². The second-order valence-electron chi connectivity index (χ2n) is 5.39. The normalized spacial score (nSPS) is 25.2. The summed E-state index contributed by atoms with van der Waals surface area (Å²) in [7, 11) is 0. The Hall–Kier alpha value is -1.92. The molecule has 6 nitrogen and oxygen atoms in total. The average molecular weight is 290 g/mol. The highest BCUT2D eigenvalue weighted by Crippen LogP contribution is 2.18. The molecule has 2 aliphatic rings. The summed E-state index contributed by atoms with van der Waals surface area (Å²) >= 11 is 0. The van der Waals surface area contributed by atoms with Crippen molar-refractivity contribution in [1.82, 2.24) is 10.2 Å². The van der Waals surface area contributed by atoms with Crippen LogP contribution in [0.5, 0.6) is 0 Å². The predicted molar refractivity (Wildman–Crippen MR) is 74.7 cm³/mol. The third-order valence-electron chi connectivity index (χ3n) is 4.03. The van der Waals surface area contributed by atoms with Crippen LogP contribution in [0.15, 0.2) is 24.3 Å². The predicted octanol–water partition coefficient (Wildman–Crippen LogP) is 0.0129. The smallest absolute Gasteiger partial charge is 0.334 e. The molecule has 0 aromatic heterocycles. The molecule has 6 heteroatoms. The van der Waals surface area contributed by atoms with Gasteiger partial charge < -0.3 is 20.1 Å². The number of nitrogens with zero attached hydrogens (tertiary/aromatic N) is 1. The highest BCUT2D eigenvalue weighted by Gasteiger charge is 2.33. The molecular formula is C15H18N2O4. The molecule has 1 saturated heterocycles. The average Bonchev–Trinajstić information content (AvgIpc) is 2.53. The van der Waals surface area contributed by atoms with Crippen LogP contribution in [0.25, 0.3) is 0 Å². The molecule has 21 heavy (non-hydrogen) atoms. The zero-order valence-corrected chi connectivity index (χ0v) is 11.6. The third-order valence-corrected chi connectivity index (χ3v) is 4.03. The number of benzene rings is 1. The second kappa shape index (κ2) is 5.83. The van der Waals surface area contributed by atoms with Gasteiger partial charge in [-0.1, -0.05) is 24.3 Å². The highest BCUT2D eigenvalue weighted by atomic mass is 16.5. The molecule has 0 bridgehead atoms. The van der Waals surface area contributed by atoms with Crippen molar-refractivity contribution in [1.29, 1.82) is 0 Å². The number of fused-ring (bicyclic) bond motifs is 1. The van der Waals surface area contributed by atoms with Gasteiger partial charge in [-0.15, -0.1) is 0 Å². The Morgan fingerprint density at radius 2 is 2.05 bits per heavy atom. The van der Waals surface area contributed by atoms with Crippen molar-refractivity contribution >= 4 is 11.9 Å². The fourth-order valence-corrected chi connectivity index (χ4v) is 2.85. The first-order chi connectivity index (χ1) is 10.1. The van der Waals surface area contributed by atoms with Crippen LogP contribution in [-0.2, 0) is 27.3 Å². The summed E-state index contributed by atoms with van der Waals surface area (Å²) < 4.78 is 5.15. The van der Waals surface area contributed by atoms with E-state index < -0.39 is 12.1 Å². The number of carboxylic acids is 1. The Morgan fingerprint density at radius 1 is 1.29 bits per heavy atom. The molecule has 0 radical (unpaired) electrons. The van der Waals surface area contributed by atoms with Crippen molar-refractivity contribution < 1.29 is 19.4 Å². The summed E-state index contributed by atoms with van der Waals surface area (Å²) in [5, 5.41) is 12.2. The van der Waals surface area contributed by atoms with E-state index in [0.717, 1.165) is 0 Å². The molecule has 2 N–H and O–H groups in total. The van der Waals surface area contributed by atoms with Crippen LogP contribution in [0, 0.1) is 0 Å². The van der Waals surface area contributed by atoms with Gasteiger partial charge in [-0.3, -0.25) is 4.79 Å². The van der Waals surface area contributed by atoms with Gasteiger partial charge in [-0.25, -0.2) is 4.79 Å². The maximum absolute atomic E-state index is 12.5. The number of aliphatic carboxylic acids is 1. The van der Waals surface area contributed by atoms with E-state index in [1.807, 2.05) is 18.2 Å². The Kier molecular flexibility index (Phi) is 3.90. The molecule has 1 aromatic carbocycles. The van der Waals surface area contributed by atoms with E-state index >= 15 is 0 Å². The molecule has 2 aliphatic heterocycles. The van der Waals surface area contributed by atoms with Gasteiger partial charge in [0.2, 0.25) is 5.91 Å². The first-order valence-corrected chi connectivity index (χ1v) is 7.08. The van der Waals surface area contributed by atoms with Gasteiger partial charge in [0.15, 0.2) is 6.10 Å². The quantitative estimate of drug-likeness (QED) is 0.802. The van der Waals surface area contributed by atoms with Crippen molar-refractivity contribution in [3.8, 4) is 0 Å². The van der Waals surface area contributed by atoms with E-state index in [2.05, 4.69) is 11.4 Å². The van der Waals surface area contributed by atoms with Gasteiger partial charge in [0.25, 0.3) is 0 Å². The fourth-order valence-electron chi connectivity index (χ4n) is 2.85. The van der Waals surface area contributed by atoms with E-state index in [1.54, 1.807) is 4.90 Å². The van der Waals surface area contributed by atoms with E-state index in [1.165, 1.54) is 11.1 Å². The van der Waals surface area contributed by atoms with Crippen molar-refractivity contribution in [2.24, 2.45) is 0 Å². The molecule has 1 fully saturated rings. The van der Waals surface area contributed by atoms with Crippen molar-refractivity contribution in [3.05, 3.63) is 35.4 Å². The molecule has 1 amide bonds. The van der Waals surface area contributed by atoms with E-state index in [0.29, 0.717) is 19.5 Å². The Balaban J connectivity index is 1.67. The minimum absolute atomic E-state index is 0.0425. The van der Waals surface area contributed by atoms with Crippen LogP contribution in [-0.4, -0.2) is 53.7 Å². The summed E-state index contributed by atoms with van der Waals surface area (Å²) in [5.74, 6) is -1.06. The van der Waals surface area contributed by atoms with E-state index in [9.17, 15) is 9.59 Å². The Labute approximate surface area is 122 Å². The number of hydrogen-bond acceptors (Lipinski definition) is 4. The molecule has 0 aliphatic carbocycles. The number of amides is 1. The summed E-state index contributed by atoms with van der Waals surface area (Å²) in [4.78, 5) is 25.1. The Bertz CT molecular complexity index is 560. The lowest BCUT2D eigenvalue weighted by molar-refractivity contribution is -0.160. The van der Waals surface area contributed by atoms with Crippen LogP contribution in [0.3, 0.4) is 0 Å². The summed E-state index contributed by atoms with van der Waals surface area (Å²) in [5.41, 5.74) is 2.39. The number of morpholine rings is 1. The van der Waals surface area contributed by atoms with Crippen LogP contribution in [0.1, 0.15) is 11.1 Å². The number of carbonyl (C=O) groups excluding carboxylic acids is 1. The van der Waals surface area contributed by atoms with Crippen molar-refractivity contribution in [3.63, 3.8) is 0 Å². The molecule has 3 rings (SSSR count). The molecule has 112 valence electrons. The summed E-state index contributed by atoms with van der Waals surface area (Å²) in [6.07, 6.45) is -0.275. The van der Waals surface area contributed by atoms with Gasteiger partial charge in [0.05, 0.1) is 19.2 Å². The van der Waals surface area contributed by atoms with Crippen molar-refractivity contribution in [2.45, 2.75) is 25.1 Å². The number of carbonyl (C=O) groups is 2. The van der Waals surface area contributed by atoms with Gasteiger partial charge in [-0.2, -0.15) is 0 Å². The topological polar surface area (TPSA) is 78.9 Å². The standard InChI is InChI=1S/C15H18N2O4/c18-14(17-5-6-21-13(9-17)15(19)20)12-7-10-3-1-2-4-11(10)8-16-12/h1-4,12-13,16H,5-9H2,(H,19,20)/t12-,13?/m1/s1. The first-order valence-electron chi connectivity index (χ1n) is 7.08. The van der Waals surface area contributed by atoms with Gasteiger partial charge in [0, 0.05) is 13.1 Å². The lowest BCUT2D eigenvalue weighted by Crippen LogP contribution is -2.55. The third kappa shape index (κ3) is 2.91. The minimum Gasteiger partial charge on any atom is -0.479 e. The maximum Gasteiger partial charge on any atom is 0.334 e. The molecule has 0 saturated carbocycles. The van der Waals surface area contributed by atoms with Crippen molar-refractivity contribution in [2.75, 3.05) is 19.7 Å². The molecule has 2 heterocycles. The second-order valence-corrected chi connectivity index (χ2v) is 5.39. The molecule has 2 atom stereocenters. The molecule has 1 aromatic rings. The van der Waals surface area contributed by atoms with E-state index in [4.69, 9.17) is 9.84 Å². The first kappa shape index (κ1) is 14.0. The van der Waals surface area contributed by atoms with Gasteiger partial charge in [-0.05, 0) is 17.5 Å². The minimum atomic E-state index is -1.02. The van der Waals surface area contributed by atoms with Crippen LogP contribution < -0.4 is 5.32 Å². The van der Waals surface area contributed by atoms with Gasteiger partial charge >= 0.3 is 5.97 Å². The zero-order valence-electron chi connectivity index (χ0n) is 11.6. The number of hydrogen-bond donors (Lipinski definition) is 2. The van der Waals surface area contributed by atoms with E-state index in [-0.39, 0.29) is 25.1 Å². The lowest BCUT2D eigenvalue weighted by Gasteiger charge is -2.35. The monoisotopic (exact) mass is 290 g/mol. The largest absolute Gasteiger partial charge is 0.479 e. The lowest BCUT2D eigenvalue weighted by atomic mass is 9.95. The molecule has 0 spiro atoms. The van der Waals surface area contributed by atoms with Gasteiger partial charge in [0.1, 0.15) is 0 Å².